The van der Waals surface area contributed by atoms with Crippen LogP contribution in [0, 0.1) is 34.4 Å². The van der Waals surface area contributed by atoms with Gasteiger partial charge in [0.2, 0.25) is 5.96 Å². The summed E-state index contributed by atoms with van der Waals surface area (Å²) in [5.74, 6) is -1.55. The van der Waals surface area contributed by atoms with Gasteiger partial charge in [0.25, 0.3) is 0 Å². The van der Waals surface area contributed by atoms with Crippen molar-refractivity contribution in [2.24, 2.45) is 4.99 Å². The Morgan fingerprint density at radius 3 is 2.64 bits per heavy atom. The molecule has 0 aliphatic carbocycles. The Labute approximate surface area is 186 Å². The maximum atomic E-state index is 13.5. The third-order valence-electron chi connectivity index (χ3n) is 4.99. The number of nitriles is 2. The average Bonchev–Trinajstić information content (AvgIpc) is 2.80. The molecule has 4 rings (SSSR count). The van der Waals surface area contributed by atoms with E-state index in [0.717, 1.165) is 12.1 Å². The van der Waals surface area contributed by atoms with Crippen LogP contribution >= 0.6 is 0 Å². The molecule has 0 radical (unpaired) electrons. The number of fused-ring (bicyclic) bond motifs is 1. The molecule has 1 aliphatic rings. The van der Waals surface area contributed by atoms with E-state index < -0.39 is 17.7 Å². The van der Waals surface area contributed by atoms with Crippen molar-refractivity contribution in [3.05, 3.63) is 76.4 Å². The zero-order valence-corrected chi connectivity index (χ0v) is 16.9. The number of guanidine groups is 1. The zero-order valence-electron chi connectivity index (χ0n) is 16.9. The molecule has 1 unspecified atom stereocenters. The number of anilines is 3. The molecule has 1 aromatic heterocycles. The van der Waals surface area contributed by atoms with Gasteiger partial charge in [-0.25, -0.2) is 18.8 Å². The van der Waals surface area contributed by atoms with Crippen LogP contribution in [0.4, 0.5) is 26.1 Å². The van der Waals surface area contributed by atoms with Gasteiger partial charge < -0.3 is 21.5 Å². The highest BCUT2D eigenvalue weighted by atomic mass is 19.2. The first-order valence-corrected chi connectivity index (χ1v) is 9.57. The molecule has 33 heavy (non-hydrogen) atoms. The van der Waals surface area contributed by atoms with Crippen LogP contribution in [0.25, 0.3) is 0 Å². The van der Waals surface area contributed by atoms with E-state index in [1.54, 1.807) is 30.5 Å². The van der Waals surface area contributed by atoms with Crippen molar-refractivity contribution in [3.63, 3.8) is 0 Å². The summed E-state index contributed by atoms with van der Waals surface area (Å²) >= 11 is 0. The van der Waals surface area contributed by atoms with Crippen LogP contribution in [0.3, 0.4) is 0 Å². The van der Waals surface area contributed by atoms with Crippen LogP contribution in [0.1, 0.15) is 28.3 Å². The quantitative estimate of drug-likeness (QED) is 0.352. The van der Waals surface area contributed by atoms with E-state index in [1.807, 2.05) is 6.07 Å². The number of pyridine rings is 1. The summed E-state index contributed by atoms with van der Waals surface area (Å²) in [6, 6.07) is 11.5. The summed E-state index contributed by atoms with van der Waals surface area (Å²) in [6.45, 7) is 0.00442. The van der Waals surface area contributed by atoms with Crippen LogP contribution < -0.4 is 26.8 Å². The highest BCUT2D eigenvalue weighted by molar-refractivity contribution is 5.98. The first-order valence-electron chi connectivity index (χ1n) is 9.57. The van der Waals surface area contributed by atoms with Crippen molar-refractivity contribution in [3.8, 4) is 18.0 Å². The minimum atomic E-state index is -1.02. The molecule has 1 aliphatic heterocycles. The minimum Gasteiger partial charge on any atom is -0.489 e. The first kappa shape index (κ1) is 21.3. The second-order valence-corrected chi connectivity index (χ2v) is 6.97. The number of ether oxygens (including phenoxy) is 1. The Morgan fingerprint density at radius 2 is 1.91 bits per heavy atom. The van der Waals surface area contributed by atoms with Crippen molar-refractivity contribution in [1.29, 1.82) is 10.5 Å². The molecule has 2 heterocycles. The molecular weight excluding hydrogens is 430 g/mol. The lowest BCUT2D eigenvalue weighted by Gasteiger charge is -2.27. The lowest BCUT2D eigenvalue weighted by Crippen LogP contribution is -2.33. The molecule has 0 amide bonds. The molecule has 11 heteroatoms. The zero-order chi connectivity index (χ0) is 23.5. The van der Waals surface area contributed by atoms with Gasteiger partial charge in [-0.1, -0.05) is 24.3 Å². The third kappa shape index (κ3) is 4.03. The maximum absolute atomic E-state index is 13.5. The van der Waals surface area contributed by atoms with E-state index in [9.17, 15) is 14.0 Å². The Balaban J connectivity index is 1.78. The number of nitrogen functional groups attached to an aromatic ring is 2. The van der Waals surface area contributed by atoms with Crippen LogP contribution in [0.5, 0.6) is 5.75 Å². The van der Waals surface area contributed by atoms with Gasteiger partial charge in [-0.2, -0.15) is 10.5 Å². The monoisotopic (exact) mass is 446 g/mol. The summed E-state index contributed by atoms with van der Waals surface area (Å²) in [6.07, 6.45) is 1.79. The first-order chi connectivity index (χ1) is 15.9. The highest BCUT2D eigenvalue weighted by Crippen LogP contribution is 2.41. The van der Waals surface area contributed by atoms with Gasteiger partial charge in [0.05, 0.1) is 5.69 Å². The van der Waals surface area contributed by atoms with Gasteiger partial charge >= 0.3 is 0 Å². The second kappa shape index (κ2) is 8.69. The van der Waals surface area contributed by atoms with Crippen LogP contribution in [0.15, 0.2) is 47.5 Å². The van der Waals surface area contributed by atoms with Crippen molar-refractivity contribution in [2.75, 3.05) is 16.8 Å². The molecule has 0 saturated carbocycles. The van der Waals surface area contributed by atoms with Crippen LogP contribution in [-0.2, 0) is 6.61 Å². The molecule has 0 saturated heterocycles. The summed E-state index contributed by atoms with van der Waals surface area (Å²) in [7, 11) is 0. The summed E-state index contributed by atoms with van der Waals surface area (Å²) in [5.41, 5.74) is 14.0. The fourth-order valence-corrected chi connectivity index (χ4v) is 3.47. The third-order valence-corrected chi connectivity index (χ3v) is 4.99. The number of aromatic nitrogens is 1. The van der Waals surface area contributed by atoms with Crippen molar-refractivity contribution < 1.29 is 13.5 Å². The number of nitrogens with two attached hydrogens (primary N) is 2. The molecule has 2 aromatic carbocycles. The largest absolute Gasteiger partial charge is 0.489 e. The fraction of sp³-hybridized carbons (Fsp3) is 0.0909. The van der Waals surface area contributed by atoms with Crippen molar-refractivity contribution in [2.45, 2.75) is 12.6 Å². The van der Waals surface area contributed by atoms with E-state index >= 15 is 0 Å². The molecule has 3 aromatic rings. The lowest BCUT2D eigenvalue weighted by molar-refractivity contribution is 0.301. The molecule has 0 bridgehead atoms. The standard InChI is InChI=1S/C22H16F2N8O/c23-15-6-5-12(7-16(15)24)33-9-11-3-1-2-4-13(11)19-17-18(27)14(8-25)20(28)31-21(17)32-22(30-19)29-10-26/h1-7,19H,9H2,(H6,27,28,29,30,31,32). The van der Waals surface area contributed by atoms with Gasteiger partial charge in [-0.15, -0.1) is 0 Å². The number of nitrogens with one attached hydrogen (secondary N) is 2. The summed E-state index contributed by atoms with van der Waals surface area (Å²) in [5, 5.41) is 23.8. The molecule has 0 fully saturated rings. The predicted molar refractivity (Wildman–Crippen MR) is 117 cm³/mol. The van der Waals surface area contributed by atoms with Gasteiger partial charge in [0, 0.05) is 11.6 Å². The van der Waals surface area contributed by atoms with E-state index in [2.05, 4.69) is 20.6 Å². The smallest absolute Gasteiger partial charge is 0.211 e. The Kier molecular flexibility index (Phi) is 5.62. The van der Waals surface area contributed by atoms with Crippen molar-refractivity contribution in [1.82, 2.24) is 10.3 Å². The molecule has 9 nitrogen and oxygen atoms in total. The van der Waals surface area contributed by atoms with Gasteiger partial charge in [-0.3, -0.25) is 5.32 Å². The number of hydrogen-bond acceptors (Lipinski definition) is 9. The summed E-state index contributed by atoms with van der Waals surface area (Å²) in [4.78, 5) is 8.75. The molecule has 1 atom stereocenters. The fourth-order valence-electron chi connectivity index (χ4n) is 3.47. The Morgan fingerprint density at radius 1 is 1.12 bits per heavy atom. The van der Waals surface area contributed by atoms with Crippen LogP contribution in [-0.4, -0.2) is 10.9 Å². The number of aliphatic imine (C=N–C) groups is 1. The second-order valence-electron chi connectivity index (χ2n) is 6.97. The number of halogens is 2. The topological polar surface area (TPSA) is 158 Å². The molecule has 164 valence electrons. The highest BCUT2D eigenvalue weighted by Gasteiger charge is 2.30. The number of nitrogens with zero attached hydrogens (tertiary/aromatic N) is 4. The predicted octanol–water partition coefficient (Wildman–Crippen LogP) is 2.92. The minimum absolute atomic E-state index is 0.00442. The Bertz CT molecular complexity index is 1360. The van der Waals surface area contributed by atoms with Gasteiger partial charge in [0.1, 0.15) is 41.7 Å². The van der Waals surface area contributed by atoms with E-state index in [1.165, 1.54) is 6.07 Å². The lowest BCUT2D eigenvalue weighted by atomic mass is 9.92. The van der Waals surface area contributed by atoms with E-state index in [-0.39, 0.29) is 41.2 Å². The van der Waals surface area contributed by atoms with Crippen molar-refractivity contribution >= 4 is 23.3 Å². The van der Waals surface area contributed by atoms with Gasteiger partial charge in [0.15, 0.2) is 17.8 Å². The number of hydrogen-bond donors (Lipinski definition) is 4. The number of rotatable bonds is 4. The normalized spacial score (nSPS) is 14.2. The Hall–Kier alpha value is -4.90. The number of benzene rings is 2. The molecule has 0 spiro atoms. The van der Waals surface area contributed by atoms with Crippen LogP contribution in [0.2, 0.25) is 0 Å². The molecular formula is C22H16F2N8O. The maximum Gasteiger partial charge on any atom is 0.211 e. The average molecular weight is 446 g/mol. The van der Waals surface area contributed by atoms with E-state index in [0.29, 0.717) is 16.7 Å². The molecule has 6 N–H and O–H groups in total. The van der Waals surface area contributed by atoms with Gasteiger partial charge in [-0.05, 0) is 23.3 Å². The summed E-state index contributed by atoms with van der Waals surface area (Å²) < 4.78 is 32.4. The SMILES string of the molecule is N#CNC1=NC(c2ccccc2COc2ccc(F)c(F)c2)c2c(nc(N)c(C#N)c2N)N1. The van der Waals surface area contributed by atoms with E-state index in [4.69, 9.17) is 21.5 Å².